The fraction of sp³-hybridized carbons (Fsp3) is 0.471. The zero-order chi connectivity index (χ0) is 17.0. The first-order valence-corrected chi connectivity index (χ1v) is 7.83. The van der Waals surface area contributed by atoms with E-state index in [1.54, 1.807) is 12.1 Å². The first-order chi connectivity index (χ1) is 10.9. The van der Waals surface area contributed by atoms with E-state index >= 15 is 0 Å². The van der Waals surface area contributed by atoms with Gasteiger partial charge in [-0.05, 0) is 24.5 Å². The number of amides is 2. The van der Waals surface area contributed by atoms with Crippen molar-refractivity contribution in [3.05, 3.63) is 29.8 Å². The Hall–Kier alpha value is -2.37. The van der Waals surface area contributed by atoms with Gasteiger partial charge in [-0.2, -0.15) is 0 Å². The van der Waals surface area contributed by atoms with Crippen LogP contribution >= 0.6 is 0 Å². The Balaban J connectivity index is 2.26. The highest BCUT2D eigenvalue weighted by molar-refractivity contribution is 6.01. The monoisotopic (exact) mass is 318 g/mol. The molecule has 2 amide bonds. The van der Waals surface area contributed by atoms with E-state index < -0.39 is 17.4 Å². The highest BCUT2D eigenvalue weighted by atomic mass is 16.4. The summed E-state index contributed by atoms with van der Waals surface area (Å²) in [5.74, 6) is -2.04. The molecule has 124 valence electrons. The van der Waals surface area contributed by atoms with Gasteiger partial charge in [0.1, 0.15) is 0 Å². The molecule has 0 spiro atoms. The summed E-state index contributed by atoms with van der Waals surface area (Å²) in [6, 6.07) is 7.19. The lowest BCUT2D eigenvalue weighted by Gasteiger charge is -2.34. The van der Waals surface area contributed by atoms with Crippen LogP contribution in [0.2, 0.25) is 0 Å². The molecule has 1 aliphatic rings. The summed E-state index contributed by atoms with van der Waals surface area (Å²) in [5, 5.41) is 14.8. The molecule has 0 aromatic heterocycles. The second kappa shape index (κ2) is 6.81. The van der Waals surface area contributed by atoms with Crippen LogP contribution in [0.1, 0.15) is 51.0 Å². The van der Waals surface area contributed by atoms with Gasteiger partial charge in [0.25, 0.3) is 0 Å². The average Bonchev–Trinajstić information content (AvgIpc) is 2.52. The van der Waals surface area contributed by atoms with Crippen molar-refractivity contribution in [3.63, 3.8) is 0 Å². The van der Waals surface area contributed by atoms with Crippen LogP contribution in [0.3, 0.4) is 0 Å². The van der Waals surface area contributed by atoms with Crippen LogP contribution in [0.5, 0.6) is 0 Å². The quantitative estimate of drug-likeness (QED) is 0.749. The minimum absolute atomic E-state index is 0.0689. The van der Waals surface area contributed by atoms with Crippen molar-refractivity contribution in [2.45, 2.75) is 51.0 Å². The van der Waals surface area contributed by atoms with Crippen molar-refractivity contribution in [1.29, 1.82) is 0 Å². The minimum atomic E-state index is -0.948. The summed E-state index contributed by atoms with van der Waals surface area (Å²) in [7, 11) is 0. The van der Waals surface area contributed by atoms with Gasteiger partial charge < -0.3 is 15.7 Å². The minimum Gasteiger partial charge on any atom is -0.481 e. The zero-order valence-electron chi connectivity index (χ0n) is 13.4. The molecular formula is C17H22N2O4. The van der Waals surface area contributed by atoms with Crippen LogP contribution in [-0.2, 0) is 14.4 Å². The molecule has 23 heavy (non-hydrogen) atoms. The number of carbonyl (C=O) groups is 3. The molecule has 1 aliphatic heterocycles. The van der Waals surface area contributed by atoms with E-state index in [0.717, 1.165) is 5.56 Å². The third-order valence-corrected chi connectivity index (χ3v) is 4.55. The number of carbonyl (C=O) groups excluding carboxylic acids is 2. The summed E-state index contributed by atoms with van der Waals surface area (Å²) >= 11 is 0. The molecule has 6 nitrogen and oxygen atoms in total. The molecule has 0 saturated carbocycles. The topological polar surface area (TPSA) is 95.5 Å². The predicted molar refractivity (Wildman–Crippen MR) is 86.1 cm³/mol. The van der Waals surface area contributed by atoms with Crippen molar-refractivity contribution in [1.82, 2.24) is 5.32 Å². The lowest BCUT2D eigenvalue weighted by molar-refractivity contribution is -0.139. The van der Waals surface area contributed by atoms with Crippen LogP contribution in [0.15, 0.2) is 24.3 Å². The highest BCUT2D eigenvalue weighted by Gasteiger charge is 2.36. The molecule has 6 heteroatoms. The molecule has 0 bridgehead atoms. The van der Waals surface area contributed by atoms with E-state index in [4.69, 9.17) is 5.11 Å². The molecule has 1 atom stereocenters. The number of nitrogens with one attached hydrogen (secondary N) is 2. The second-order valence-corrected chi connectivity index (χ2v) is 5.94. The number of hydrogen-bond donors (Lipinski definition) is 3. The van der Waals surface area contributed by atoms with Crippen molar-refractivity contribution < 1.29 is 19.5 Å². The predicted octanol–water partition coefficient (Wildman–Crippen LogP) is 2.26. The highest BCUT2D eigenvalue weighted by Crippen LogP contribution is 2.33. The molecule has 1 aromatic carbocycles. The van der Waals surface area contributed by atoms with Crippen LogP contribution in [0.4, 0.5) is 5.69 Å². The van der Waals surface area contributed by atoms with Crippen molar-refractivity contribution in [2.24, 2.45) is 0 Å². The van der Waals surface area contributed by atoms with Crippen molar-refractivity contribution in [2.75, 3.05) is 5.32 Å². The van der Waals surface area contributed by atoms with Gasteiger partial charge in [-0.1, -0.05) is 32.0 Å². The molecule has 0 fully saturated rings. The van der Waals surface area contributed by atoms with Gasteiger partial charge in [0.2, 0.25) is 11.8 Å². The standard InChI is InChI=1S/C17H22N2O4/c1-3-17(4-2,10-15(21)22)19-16(23)12-9-14(20)18-13-8-6-5-7-11(12)13/h5-8,12H,3-4,9-10H2,1-2H3,(H,18,20)(H,19,23)(H,21,22). The first kappa shape index (κ1) is 17.0. The molecule has 0 saturated heterocycles. The van der Waals surface area contributed by atoms with Gasteiger partial charge in [0.05, 0.1) is 12.3 Å². The Labute approximate surface area is 135 Å². The second-order valence-electron chi connectivity index (χ2n) is 5.94. The Kier molecular flexibility index (Phi) is 5.03. The number of fused-ring (bicyclic) bond motifs is 1. The normalized spacial score (nSPS) is 17.1. The summed E-state index contributed by atoms with van der Waals surface area (Å²) in [5.41, 5.74) is 0.618. The van der Waals surface area contributed by atoms with Crippen LogP contribution in [0, 0.1) is 0 Å². The number of carboxylic acids is 1. The molecule has 0 radical (unpaired) electrons. The van der Waals surface area contributed by atoms with E-state index in [-0.39, 0.29) is 24.7 Å². The molecule has 2 rings (SSSR count). The molecule has 1 unspecified atom stereocenters. The molecular weight excluding hydrogens is 296 g/mol. The molecule has 0 aliphatic carbocycles. The SMILES string of the molecule is CCC(CC)(CC(=O)O)NC(=O)C1CC(=O)Nc2ccccc21. The maximum absolute atomic E-state index is 12.7. The van der Waals surface area contributed by atoms with Crippen LogP contribution < -0.4 is 10.6 Å². The third-order valence-electron chi connectivity index (χ3n) is 4.55. The Morgan fingerprint density at radius 3 is 2.57 bits per heavy atom. The number of benzene rings is 1. The van der Waals surface area contributed by atoms with Gasteiger partial charge >= 0.3 is 5.97 Å². The fourth-order valence-electron chi connectivity index (χ4n) is 3.00. The molecule has 1 heterocycles. The third kappa shape index (κ3) is 3.70. The van der Waals surface area contributed by atoms with Gasteiger partial charge in [-0.25, -0.2) is 0 Å². The van der Waals surface area contributed by atoms with Crippen LogP contribution in [0.25, 0.3) is 0 Å². The number of carboxylic acid groups (broad SMARTS) is 1. The van der Waals surface area contributed by atoms with E-state index in [9.17, 15) is 14.4 Å². The maximum Gasteiger partial charge on any atom is 0.305 e. The largest absolute Gasteiger partial charge is 0.481 e. The number of para-hydroxylation sites is 1. The number of aliphatic carboxylic acids is 1. The lowest BCUT2D eigenvalue weighted by atomic mass is 9.85. The zero-order valence-corrected chi connectivity index (χ0v) is 13.4. The van der Waals surface area contributed by atoms with E-state index in [1.807, 2.05) is 26.0 Å². The van der Waals surface area contributed by atoms with Gasteiger partial charge in [0.15, 0.2) is 0 Å². The molecule has 1 aromatic rings. The van der Waals surface area contributed by atoms with E-state index in [0.29, 0.717) is 18.5 Å². The van der Waals surface area contributed by atoms with Gasteiger partial charge in [0, 0.05) is 17.6 Å². The van der Waals surface area contributed by atoms with E-state index in [1.165, 1.54) is 0 Å². The summed E-state index contributed by atoms with van der Waals surface area (Å²) in [6.07, 6.45) is 0.968. The Morgan fingerprint density at radius 2 is 1.96 bits per heavy atom. The van der Waals surface area contributed by atoms with Gasteiger partial charge in [-0.15, -0.1) is 0 Å². The Bertz CT molecular complexity index is 623. The number of rotatable bonds is 6. The average molecular weight is 318 g/mol. The van der Waals surface area contributed by atoms with Crippen LogP contribution in [-0.4, -0.2) is 28.4 Å². The lowest BCUT2D eigenvalue weighted by Crippen LogP contribution is -2.51. The number of hydrogen-bond acceptors (Lipinski definition) is 3. The Morgan fingerprint density at radius 1 is 1.30 bits per heavy atom. The maximum atomic E-state index is 12.7. The van der Waals surface area contributed by atoms with Crippen molar-refractivity contribution >= 4 is 23.5 Å². The number of anilines is 1. The fourth-order valence-corrected chi connectivity index (χ4v) is 3.00. The van der Waals surface area contributed by atoms with Crippen molar-refractivity contribution in [3.8, 4) is 0 Å². The molecule has 3 N–H and O–H groups in total. The summed E-state index contributed by atoms with van der Waals surface area (Å²) in [6.45, 7) is 3.71. The first-order valence-electron chi connectivity index (χ1n) is 7.83. The van der Waals surface area contributed by atoms with Gasteiger partial charge in [-0.3, -0.25) is 14.4 Å². The van der Waals surface area contributed by atoms with E-state index in [2.05, 4.69) is 10.6 Å². The summed E-state index contributed by atoms with van der Waals surface area (Å²) < 4.78 is 0. The summed E-state index contributed by atoms with van der Waals surface area (Å²) in [4.78, 5) is 35.7. The smallest absolute Gasteiger partial charge is 0.305 e.